The maximum absolute atomic E-state index is 3.62. The first kappa shape index (κ1) is 12.9. The summed E-state index contributed by atoms with van der Waals surface area (Å²) in [7, 11) is 6.60. The number of likely N-dealkylation sites (N-methyl/N-ethyl adjacent to an activating group) is 1. The summed E-state index contributed by atoms with van der Waals surface area (Å²) >= 11 is 0. The van der Waals surface area contributed by atoms with E-state index in [4.69, 9.17) is 0 Å². The Morgan fingerprint density at radius 3 is 2.53 bits per heavy atom. The number of hydrogen-bond donors (Lipinski definition) is 1. The lowest BCUT2D eigenvalue weighted by Crippen LogP contribution is -2.52. The quantitative estimate of drug-likeness (QED) is 0.747. The SMILES string of the molecule is CC(C)C(CC1CN(C)CCN1)N(C)C. The molecule has 1 N–H and O–H groups in total. The van der Waals surface area contributed by atoms with Gasteiger partial charge in [-0.3, -0.25) is 0 Å². The molecular formula is C12H27N3. The van der Waals surface area contributed by atoms with Crippen LogP contribution in [0.5, 0.6) is 0 Å². The molecule has 0 amide bonds. The molecule has 0 spiro atoms. The van der Waals surface area contributed by atoms with Crippen LogP contribution in [0.3, 0.4) is 0 Å². The first-order valence-corrected chi connectivity index (χ1v) is 6.09. The van der Waals surface area contributed by atoms with Gasteiger partial charge in [0.2, 0.25) is 0 Å². The summed E-state index contributed by atoms with van der Waals surface area (Å²) in [6.45, 7) is 8.15. The summed E-state index contributed by atoms with van der Waals surface area (Å²) in [5.74, 6) is 0.731. The fraction of sp³-hybridized carbons (Fsp3) is 1.00. The van der Waals surface area contributed by atoms with Crippen molar-refractivity contribution < 1.29 is 0 Å². The molecule has 90 valence electrons. The van der Waals surface area contributed by atoms with Crippen molar-refractivity contribution in [3.63, 3.8) is 0 Å². The minimum atomic E-state index is 0.665. The average molecular weight is 213 g/mol. The summed E-state index contributed by atoms with van der Waals surface area (Å²) in [5, 5.41) is 3.62. The molecule has 3 heteroatoms. The number of piperazine rings is 1. The number of nitrogens with zero attached hydrogens (tertiary/aromatic N) is 2. The van der Waals surface area contributed by atoms with Gasteiger partial charge < -0.3 is 15.1 Å². The molecule has 0 aromatic carbocycles. The molecule has 2 unspecified atom stereocenters. The second-order valence-electron chi connectivity index (χ2n) is 5.42. The molecule has 0 bridgehead atoms. The van der Waals surface area contributed by atoms with Crippen LogP contribution in [-0.4, -0.2) is 62.7 Å². The lowest BCUT2D eigenvalue weighted by molar-refractivity contribution is 0.162. The van der Waals surface area contributed by atoms with Crippen molar-refractivity contribution in [2.24, 2.45) is 5.92 Å². The Morgan fingerprint density at radius 2 is 2.07 bits per heavy atom. The normalized spacial score (nSPS) is 26.2. The zero-order chi connectivity index (χ0) is 11.4. The molecule has 1 saturated heterocycles. The topological polar surface area (TPSA) is 18.5 Å². The van der Waals surface area contributed by atoms with E-state index in [0.717, 1.165) is 12.5 Å². The smallest absolute Gasteiger partial charge is 0.0210 e. The first-order valence-electron chi connectivity index (χ1n) is 6.09. The van der Waals surface area contributed by atoms with E-state index in [9.17, 15) is 0 Å². The zero-order valence-corrected chi connectivity index (χ0v) is 11.0. The highest BCUT2D eigenvalue weighted by Crippen LogP contribution is 2.15. The minimum absolute atomic E-state index is 0.665. The van der Waals surface area contributed by atoms with Crippen LogP contribution in [-0.2, 0) is 0 Å². The molecule has 1 fully saturated rings. The first-order chi connectivity index (χ1) is 7.00. The van der Waals surface area contributed by atoms with E-state index in [1.807, 2.05) is 0 Å². The molecule has 3 nitrogen and oxygen atoms in total. The minimum Gasteiger partial charge on any atom is -0.311 e. The summed E-state index contributed by atoms with van der Waals surface area (Å²) < 4.78 is 0. The van der Waals surface area contributed by atoms with Gasteiger partial charge in [0, 0.05) is 31.7 Å². The molecule has 15 heavy (non-hydrogen) atoms. The van der Waals surface area contributed by atoms with Gasteiger partial charge >= 0.3 is 0 Å². The highest BCUT2D eigenvalue weighted by molar-refractivity contribution is 4.83. The summed E-state index contributed by atoms with van der Waals surface area (Å²) in [6.07, 6.45) is 1.26. The van der Waals surface area contributed by atoms with Crippen LogP contribution < -0.4 is 5.32 Å². The molecule has 0 radical (unpaired) electrons. The van der Waals surface area contributed by atoms with Crippen molar-refractivity contribution in [3.05, 3.63) is 0 Å². The second kappa shape index (κ2) is 5.83. The molecule has 0 aromatic heterocycles. The molecule has 2 atom stereocenters. The van der Waals surface area contributed by atoms with Gasteiger partial charge in [0.05, 0.1) is 0 Å². The van der Waals surface area contributed by atoms with E-state index in [0.29, 0.717) is 12.1 Å². The van der Waals surface area contributed by atoms with Crippen molar-refractivity contribution in [2.75, 3.05) is 40.8 Å². The van der Waals surface area contributed by atoms with Crippen LogP contribution in [0.4, 0.5) is 0 Å². The predicted octanol–water partition coefficient (Wildman–Crippen LogP) is 0.866. The van der Waals surface area contributed by atoms with Crippen LogP contribution in [0, 0.1) is 5.92 Å². The monoisotopic (exact) mass is 213 g/mol. The van der Waals surface area contributed by atoms with Gasteiger partial charge in [0.1, 0.15) is 0 Å². The van der Waals surface area contributed by atoms with E-state index in [-0.39, 0.29) is 0 Å². The lowest BCUT2D eigenvalue weighted by Gasteiger charge is -2.36. The summed E-state index contributed by atoms with van der Waals surface area (Å²) in [5.41, 5.74) is 0. The van der Waals surface area contributed by atoms with E-state index < -0.39 is 0 Å². The van der Waals surface area contributed by atoms with E-state index >= 15 is 0 Å². The second-order valence-corrected chi connectivity index (χ2v) is 5.42. The fourth-order valence-corrected chi connectivity index (χ4v) is 2.52. The largest absolute Gasteiger partial charge is 0.311 e. The Hall–Kier alpha value is -0.120. The Labute approximate surface area is 94.8 Å². The van der Waals surface area contributed by atoms with Crippen LogP contribution in [0.2, 0.25) is 0 Å². The maximum Gasteiger partial charge on any atom is 0.0210 e. The Balaban J connectivity index is 2.43. The third-order valence-corrected chi connectivity index (χ3v) is 3.42. The maximum atomic E-state index is 3.62. The van der Waals surface area contributed by atoms with Crippen LogP contribution in [0.15, 0.2) is 0 Å². The number of rotatable bonds is 4. The van der Waals surface area contributed by atoms with Gasteiger partial charge in [-0.05, 0) is 33.5 Å². The Bertz CT molecular complexity index is 172. The van der Waals surface area contributed by atoms with Crippen molar-refractivity contribution in [2.45, 2.75) is 32.4 Å². The fourth-order valence-electron chi connectivity index (χ4n) is 2.52. The van der Waals surface area contributed by atoms with Gasteiger partial charge in [-0.25, -0.2) is 0 Å². The van der Waals surface area contributed by atoms with E-state index in [1.54, 1.807) is 0 Å². The van der Waals surface area contributed by atoms with Crippen LogP contribution in [0.25, 0.3) is 0 Å². The molecule has 1 heterocycles. The van der Waals surface area contributed by atoms with Crippen molar-refractivity contribution in [1.29, 1.82) is 0 Å². The van der Waals surface area contributed by atoms with Crippen molar-refractivity contribution in [1.82, 2.24) is 15.1 Å². The highest BCUT2D eigenvalue weighted by atomic mass is 15.2. The van der Waals surface area contributed by atoms with Crippen molar-refractivity contribution in [3.8, 4) is 0 Å². The zero-order valence-electron chi connectivity index (χ0n) is 11.0. The molecule has 0 aromatic rings. The standard InChI is InChI=1S/C12H27N3/c1-10(2)12(14(3)4)8-11-9-15(5)7-6-13-11/h10-13H,6-9H2,1-5H3. The highest BCUT2D eigenvalue weighted by Gasteiger charge is 2.23. The predicted molar refractivity (Wildman–Crippen MR) is 66.2 cm³/mol. The third-order valence-electron chi connectivity index (χ3n) is 3.42. The number of hydrogen-bond acceptors (Lipinski definition) is 3. The van der Waals surface area contributed by atoms with Gasteiger partial charge in [-0.2, -0.15) is 0 Å². The Kier molecular flexibility index (Phi) is 5.03. The van der Waals surface area contributed by atoms with Gasteiger partial charge in [-0.1, -0.05) is 13.8 Å². The molecule has 0 saturated carbocycles. The third kappa shape index (κ3) is 4.09. The van der Waals surface area contributed by atoms with Crippen LogP contribution in [0.1, 0.15) is 20.3 Å². The average Bonchev–Trinajstić information content (AvgIpc) is 2.13. The van der Waals surface area contributed by atoms with Crippen molar-refractivity contribution >= 4 is 0 Å². The summed E-state index contributed by atoms with van der Waals surface area (Å²) in [6, 6.07) is 1.35. The van der Waals surface area contributed by atoms with Gasteiger partial charge in [-0.15, -0.1) is 0 Å². The molecular weight excluding hydrogens is 186 g/mol. The van der Waals surface area contributed by atoms with E-state index in [1.165, 1.54) is 19.5 Å². The number of nitrogens with one attached hydrogen (secondary N) is 1. The van der Waals surface area contributed by atoms with Gasteiger partial charge in [0.25, 0.3) is 0 Å². The van der Waals surface area contributed by atoms with Gasteiger partial charge in [0.15, 0.2) is 0 Å². The van der Waals surface area contributed by atoms with Crippen LogP contribution >= 0.6 is 0 Å². The molecule has 1 rings (SSSR count). The summed E-state index contributed by atoms with van der Waals surface area (Å²) in [4.78, 5) is 4.79. The molecule has 1 aliphatic heterocycles. The lowest BCUT2D eigenvalue weighted by atomic mass is 9.95. The molecule has 1 aliphatic rings. The molecule has 0 aliphatic carbocycles. The van der Waals surface area contributed by atoms with E-state index in [2.05, 4.69) is 50.1 Å². The Morgan fingerprint density at radius 1 is 1.40 bits per heavy atom.